The molecule has 6 heterocycles. The second-order valence-electron chi connectivity index (χ2n) is 25.0. The Balaban J connectivity index is 0.000000120. The maximum Gasteiger partial charge on any atom is 0.488 e. The molecule has 6 aromatic heterocycles. The summed E-state index contributed by atoms with van der Waals surface area (Å²) in [6.45, 7) is 0. The fourth-order valence-corrected chi connectivity index (χ4v) is 14.6. The minimum absolute atomic E-state index is 0.477. The van der Waals surface area contributed by atoms with E-state index in [1.165, 1.54) is 21.5 Å². The molecule has 0 aliphatic rings. The van der Waals surface area contributed by atoms with Crippen molar-refractivity contribution in [3.05, 3.63) is 356 Å². The van der Waals surface area contributed by atoms with Gasteiger partial charge in [0.1, 0.15) is 11.3 Å². The van der Waals surface area contributed by atoms with Crippen molar-refractivity contribution in [2.24, 2.45) is 0 Å². The molecule has 20 aromatic rings. The van der Waals surface area contributed by atoms with Crippen molar-refractivity contribution in [1.82, 2.24) is 37.9 Å². The number of rotatable bonds is 10. The molecule has 0 aliphatic heterocycles. The van der Waals surface area contributed by atoms with Crippen molar-refractivity contribution in [2.75, 3.05) is 9.80 Å². The van der Waals surface area contributed by atoms with Gasteiger partial charge in [-0.3, -0.25) is 17.9 Å². The van der Waals surface area contributed by atoms with Gasteiger partial charge in [0.2, 0.25) is 11.9 Å². The van der Waals surface area contributed by atoms with Gasteiger partial charge in [0, 0.05) is 70.9 Å². The van der Waals surface area contributed by atoms with E-state index < -0.39 is 7.12 Å². The highest BCUT2D eigenvalue weighted by Crippen LogP contribution is 2.41. The monoisotopic (exact) mass is 1380 g/mol. The Morgan fingerprint density at radius 3 is 1.02 bits per heavy atom. The zero-order valence-electron chi connectivity index (χ0n) is 54.8. The third-order valence-corrected chi connectivity index (χ3v) is 19.4. The molecule has 0 aliphatic carbocycles. The van der Waals surface area contributed by atoms with Crippen LogP contribution in [0.4, 0.5) is 34.1 Å². The Kier molecular flexibility index (Phi) is 15.7. The maximum atomic E-state index is 9.23. The molecule has 0 saturated carbocycles. The van der Waals surface area contributed by atoms with E-state index >= 15 is 0 Å². The summed E-state index contributed by atoms with van der Waals surface area (Å²) in [6, 6.07) is 121. The van der Waals surface area contributed by atoms with E-state index in [9.17, 15) is 10.0 Å². The topological polar surface area (TPSA) is 117 Å². The largest absolute Gasteiger partial charge is 0.488 e. The highest BCUT2D eigenvalue weighted by atomic mass is 79.9. The molecule has 102 heavy (non-hydrogen) atoms. The van der Waals surface area contributed by atoms with Crippen molar-refractivity contribution in [3.8, 4) is 23.0 Å². The number of para-hydroxylation sites is 12. The van der Waals surface area contributed by atoms with Gasteiger partial charge in [-0.25, -0.2) is 19.9 Å². The fraction of sp³-hybridized carbons (Fsp3) is 0. The highest BCUT2D eigenvalue weighted by Gasteiger charge is 2.24. The molecule has 484 valence electrons. The van der Waals surface area contributed by atoms with Crippen molar-refractivity contribution in [3.63, 3.8) is 0 Å². The van der Waals surface area contributed by atoms with Gasteiger partial charge in [0.05, 0.1) is 55.2 Å². The number of halogens is 1. The van der Waals surface area contributed by atoms with E-state index in [-0.39, 0.29) is 0 Å². The number of benzene rings is 14. The van der Waals surface area contributed by atoms with Crippen LogP contribution >= 0.6 is 15.9 Å². The Morgan fingerprint density at radius 2 is 0.588 bits per heavy atom. The van der Waals surface area contributed by atoms with E-state index in [4.69, 9.17) is 19.9 Å². The molecule has 12 nitrogen and oxygen atoms in total. The smallest absolute Gasteiger partial charge is 0.423 e. The summed E-state index contributed by atoms with van der Waals surface area (Å²) in [4.78, 5) is 25.0. The number of fused-ring (bicyclic) bond motifs is 16. The molecule has 0 fully saturated rings. The average molecular weight is 1380 g/mol. The SMILES string of the molecule is Brc1ccc2c(c1)c1ccccc1n2-c1nc2ccccc2c2nc3ccccc3n12.OB(O)c1ccc(N(c2ccccc2)c2ccccc2)cc1.c1ccc(N(c2ccccc2)c2ccc(-c3ccc4c(c3)c3ccccc3n4-c3nc4ccccc4c4nc5ccccc5n34)cc2)cc1. The molecule has 0 spiro atoms. The second kappa shape index (κ2) is 26.0. The minimum atomic E-state index is -1.45. The van der Waals surface area contributed by atoms with Crippen molar-refractivity contribution < 1.29 is 10.0 Å². The number of hydrogen-bond acceptors (Lipinski definition) is 8. The van der Waals surface area contributed by atoms with Crippen LogP contribution in [-0.2, 0) is 0 Å². The quantitative estimate of drug-likeness (QED) is 0.130. The van der Waals surface area contributed by atoms with Crippen LogP contribution in [0, 0.1) is 0 Å². The van der Waals surface area contributed by atoms with Gasteiger partial charge in [-0.15, -0.1) is 0 Å². The van der Waals surface area contributed by atoms with E-state index in [2.05, 4.69) is 280 Å². The normalized spacial score (nSPS) is 11.5. The summed E-state index contributed by atoms with van der Waals surface area (Å²) in [5.41, 5.74) is 21.3. The number of hydrogen-bond donors (Lipinski definition) is 2. The molecule has 0 unspecified atom stereocenters. The molecule has 0 bridgehead atoms. The predicted octanol–water partition coefficient (Wildman–Crippen LogP) is 21.0. The van der Waals surface area contributed by atoms with Crippen LogP contribution in [0.3, 0.4) is 0 Å². The van der Waals surface area contributed by atoms with Crippen LogP contribution in [0.15, 0.2) is 356 Å². The summed E-state index contributed by atoms with van der Waals surface area (Å²) in [5, 5.41) is 25.3. The van der Waals surface area contributed by atoms with E-state index in [0.29, 0.717) is 5.46 Å². The molecule has 0 atom stereocenters. The summed E-state index contributed by atoms with van der Waals surface area (Å²) < 4.78 is 10.0. The number of nitrogens with zero attached hydrogens (tertiary/aromatic N) is 10. The maximum absolute atomic E-state index is 9.23. The highest BCUT2D eigenvalue weighted by molar-refractivity contribution is 9.10. The lowest BCUT2D eigenvalue weighted by Crippen LogP contribution is -2.29. The standard InChI is InChI=1S/C44H29N5.C26H15BrN4.C18H16BNO2/c1-3-13-32(14-4-1)47(33-15-5-2-6-16-33)34-26-23-30(24-27-34)31-25-28-41-37(29-31)35-17-8-11-21-40(35)48(41)44-46-38-19-9-7-18-36(38)43-45-39-20-10-12-22-42(39)49(43)44;27-16-13-14-23-19(15-16)17-7-2-5-11-22(17)30(23)26-29-20-9-3-1-8-18(20)25-28-21-10-4-6-12-24(21)31(25)26;21-19(22)15-11-13-18(14-12-15)20(16-7-3-1-4-8-16)17-9-5-2-6-10-17/h1-29H;1-15H;1-14,21-22H. The van der Waals surface area contributed by atoms with Crippen LogP contribution < -0.4 is 15.3 Å². The minimum Gasteiger partial charge on any atom is -0.423 e. The number of anilines is 6. The number of imidazole rings is 2. The lowest BCUT2D eigenvalue weighted by atomic mass is 9.80. The molecule has 0 amide bonds. The summed E-state index contributed by atoms with van der Waals surface area (Å²) >= 11 is 3.64. The van der Waals surface area contributed by atoms with E-state index in [1.54, 1.807) is 12.1 Å². The number of aromatic nitrogens is 8. The van der Waals surface area contributed by atoms with Crippen molar-refractivity contribution in [2.45, 2.75) is 0 Å². The van der Waals surface area contributed by atoms with Crippen LogP contribution in [0.2, 0.25) is 0 Å². The first-order chi connectivity index (χ1) is 50.4. The first kappa shape index (κ1) is 61.4. The summed E-state index contributed by atoms with van der Waals surface area (Å²) in [5.74, 6) is 1.67. The van der Waals surface area contributed by atoms with Crippen LogP contribution in [0.1, 0.15) is 0 Å². The van der Waals surface area contributed by atoms with Gasteiger partial charge in [-0.1, -0.05) is 204 Å². The van der Waals surface area contributed by atoms with E-state index in [1.807, 2.05) is 103 Å². The van der Waals surface area contributed by atoms with E-state index in [0.717, 1.165) is 139 Å². The van der Waals surface area contributed by atoms with Gasteiger partial charge < -0.3 is 19.8 Å². The van der Waals surface area contributed by atoms with Gasteiger partial charge in [-0.2, -0.15) is 0 Å². The first-order valence-electron chi connectivity index (χ1n) is 33.8. The Bertz CT molecular complexity index is 6430. The van der Waals surface area contributed by atoms with Crippen LogP contribution in [0.25, 0.3) is 122 Å². The van der Waals surface area contributed by atoms with Crippen LogP contribution in [0.5, 0.6) is 0 Å². The fourth-order valence-electron chi connectivity index (χ4n) is 14.3. The molecule has 2 N–H and O–H groups in total. The molecule has 20 rings (SSSR count). The third kappa shape index (κ3) is 10.9. The zero-order chi connectivity index (χ0) is 68.2. The Hall–Kier alpha value is -13.0. The summed E-state index contributed by atoms with van der Waals surface area (Å²) in [6.07, 6.45) is 0. The molecule has 0 radical (unpaired) electrons. The third-order valence-electron chi connectivity index (χ3n) is 18.9. The molecule has 0 saturated heterocycles. The lowest BCUT2D eigenvalue weighted by Gasteiger charge is -2.25. The first-order valence-corrected chi connectivity index (χ1v) is 34.6. The Morgan fingerprint density at radius 1 is 0.265 bits per heavy atom. The molecular formula is C88H60BBrN10O2. The van der Waals surface area contributed by atoms with Crippen molar-refractivity contribution in [1.29, 1.82) is 0 Å². The summed E-state index contributed by atoms with van der Waals surface area (Å²) in [7, 11) is -1.45. The zero-order valence-corrected chi connectivity index (χ0v) is 56.4. The molecule has 14 heteroatoms. The second-order valence-corrected chi connectivity index (χ2v) is 25.9. The van der Waals surface area contributed by atoms with Gasteiger partial charge in [0.25, 0.3) is 0 Å². The predicted molar refractivity (Wildman–Crippen MR) is 423 cm³/mol. The van der Waals surface area contributed by atoms with Gasteiger partial charge >= 0.3 is 7.12 Å². The van der Waals surface area contributed by atoms with Crippen molar-refractivity contribution >= 4 is 161 Å². The molecular weight excluding hydrogens is 1320 g/mol. The molecule has 14 aromatic carbocycles. The van der Waals surface area contributed by atoms with Crippen LogP contribution in [-0.4, -0.2) is 55.0 Å². The lowest BCUT2D eigenvalue weighted by molar-refractivity contribution is 0.426. The van der Waals surface area contributed by atoms with Gasteiger partial charge in [0.15, 0.2) is 0 Å². The Labute approximate surface area is 594 Å². The van der Waals surface area contributed by atoms with Gasteiger partial charge in [-0.05, 0) is 180 Å². The average Bonchev–Trinajstić information content (AvgIpc) is 1.56.